The van der Waals surface area contributed by atoms with E-state index in [0.29, 0.717) is 18.3 Å². The van der Waals surface area contributed by atoms with Crippen molar-refractivity contribution in [2.75, 3.05) is 0 Å². The van der Waals surface area contributed by atoms with Crippen molar-refractivity contribution in [1.29, 1.82) is 0 Å². The molecule has 0 spiro atoms. The number of carbonyl (C=O) groups excluding carboxylic acids is 1. The smallest absolute Gasteiger partial charge is 0.309 e. The van der Waals surface area contributed by atoms with Gasteiger partial charge in [0.15, 0.2) is 0 Å². The summed E-state index contributed by atoms with van der Waals surface area (Å²) in [5.74, 6) is 0.0807. The van der Waals surface area contributed by atoms with Crippen LogP contribution in [0.4, 0.5) is 0 Å². The Morgan fingerprint density at radius 3 is 2.26 bits per heavy atom. The number of carbonyl (C=O) groups is 2. The van der Waals surface area contributed by atoms with Gasteiger partial charge in [-0.05, 0) is 70.6 Å². The van der Waals surface area contributed by atoms with Gasteiger partial charge in [-0.2, -0.15) is 0 Å². The molecule has 130 valence electrons. The first-order chi connectivity index (χ1) is 10.6. The van der Waals surface area contributed by atoms with E-state index in [2.05, 4.69) is 0 Å². The molecule has 4 aliphatic carbocycles. The van der Waals surface area contributed by atoms with Crippen LogP contribution in [0.1, 0.15) is 72.6 Å². The van der Waals surface area contributed by atoms with E-state index >= 15 is 0 Å². The monoisotopic (exact) mass is 322 g/mol. The first-order valence-electron chi connectivity index (χ1n) is 9.09. The van der Waals surface area contributed by atoms with E-state index in [1.165, 1.54) is 0 Å². The van der Waals surface area contributed by atoms with Gasteiger partial charge in [-0.15, -0.1) is 0 Å². The zero-order valence-electron chi connectivity index (χ0n) is 14.9. The molecule has 0 radical (unpaired) electrons. The molecule has 0 amide bonds. The fraction of sp³-hybridized carbons (Fsp3) is 0.895. The second-order valence-electron chi connectivity index (χ2n) is 9.07. The van der Waals surface area contributed by atoms with Crippen molar-refractivity contribution < 1.29 is 19.4 Å². The number of carboxylic acids is 1. The third kappa shape index (κ3) is 2.49. The molecule has 0 aromatic carbocycles. The summed E-state index contributed by atoms with van der Waals surface area (Å²) in [6.07, 6.45) is 6.26. The summed E-state index contributed by atoms with van der Waals surface area (Å²) in [5, 5.41) is 9.86. The summed E-state index contributed by atoms with van der Waals surface area (Å²) in [4.78, 5) is 24.3. The lowest BCUT2D eigenvalue weighted by Gasteiger charge is -2.64. The van der Waals surface area contributed by atoms with Crippen molar-refractivity contribution in [3.63, 3.8) is 0 Å². The van der Waals surface area contributed by atoms with Crippen molar-refractivity contribution in [1.82, 2.24) is 0 Å². The largest absolute Gasteiger partial charge is 0.481 e. The summed E-state index contributed by atoms with van der Waals surface area (Å²) in [5.41, 5.74) is -1.34. The molecule has 0 heterocycles. The van der Waals surface area contributed by atoms with E-state index in [0.717, 1.165) is 38.5 Å². The maximum atomic E-state index is 12.4. The van der Waals surface area contributed by atoms with Gasteiger partial charge in [-0.3, -0.25) is 9.59 Å². The SMILES string of the molecule is CCC(C)C(=O)OC(C)(C)C12CC3CC(CC(C(=O)O)(C3)C1)C2. The van der Waals surface area contributed by atoms with E-state index in [1.54, 1.807) is 0 Å². The summed E-state index contributed by atoms with van der Waals surface area (Å²) >= 11 is 0. The Balaban J connectivity index is 1.89. The number of rotatable bonds is 5. The van der Waals surface area contributed by atoms with Crippen molar-refractivity contribution in [3.05, 3.63) is 0 Å². The molecule has 4 rings (SSSR count). The lowest BCUT2D eigenvalue weighted by molar-refractivity contribution is -0.221. The maximum absolute atomic E-state index is 12.4. The molecule has 1 N–H and O–H groups in total. The van der Waals surface area contributed by atoms with Gasteiger partial charge in [0.05, 0.1) is 11.3 Å². The van der Waals surface area contributed by atoms with Gasteiger partial charge in [0.1, 0.15) is 5.60 Å². The minimum Gasteiger partial charge on any atom is -0.481 e. The molecule has 0 saturated heterocycles. The number of hydrogen-bond acceptors (Lipinski definition) is 3. The molecule has 4 aliphatic rings. The van der Waals surface area contributed by atoms with Crippen LogP contribution in [0.15, 0.2) is 0 Å². The Labute approximate surface area is 139 Å². The Hall–Kier alpha value is -1.06. The van der Waals surface area contributed by atoms with Crippen LogP contribution in [0.2, 0.25) is 0 Å². The van der Waals surface area contributed by atoms with E-state index in [4.69, 9.17) is 4.74 Å². The summed E-state index contributed by atoms with van der Waals surface area (Å²) in [6, 6.07) is 0. The highest BCUT2D eigenvalue weighted by Gasteiger charge is 2.65. The molecule has 4 saturated carbocycles. The first-order valence-corrected chi connectivity index (χ1v) is 9.09. The highest BCUT2D eigenvalue weighted by molar-refractivity contribution is 5.76. The number of esters is 1. The summed E-state index contributed by atoms with van der Waals surface area (Å²) < 4.78 is 5.97. The third-order valence-corrected chi connectivity index (χ3v) is 7.16. The fourth-order valence-electron chi connectivity index (χ4n) is 5.84. The van der Waals surface area contributed by atoms with Gasteiger partial charge in [0.25, 0.3) is 0 Å². The van der Waals surface area contributed by atoms with Crippen molar-refractivity contribution in [2.45, 2.75) is 78.2 Å². The van der Waals surface area contributed by atoms with Gasteiger partial charge in [-0.1, -0.05) is 13.8 Å². The summed E-state index contributed by atoms with van der Waals surface area (Å²) in [6.45, 7) is 7.91. The minimum absolute atomic E-state index is 0.100. The van der Waals surface area contributed by atoms with Gasteiger partial charge in [0, 0.05) is 5.41 Å². The van der Waals surface area contributed by atoms with Gasteiger partial charge < -0.3 is 9.84 Å². The zero-order valence-corrected chi connectivity index (χ0v) is 14.9. The average Bonchev–Trinajstić information content (AvgIpc) is 2.44. The molecular formula is C19H30O4. The van der Waals surface area contributed by atoms with Crippen molar-refractivity contribution in [2.24, 2.45) is 28.6 Å². The quantitative estimate of drug-likeness (QED) is 0.776. The fourth-order valence-corrected chi connectivity index (χ4v) is 5.84. The molecule has 4 nitrogen and oxygen atoms in total. The molecule has 0 aliphatic heterocycles. The second kappa shape index (κ2) is 5.22. The maximum Gasteiger partial charge on any atom is 0.309 e. The van der Waals surface area contributed by atoms with Crippen LogP contribution in [-0.2, 0) is 14.3 Å². The van der Waals surface area contributed by atoms with Crippen LogP contribution < -0.4 is 0 Å². The Kier molecular flexibility index (Phi) is 3.81. The number of carboxylic acid groups (broad SMARTS) is 1. The first kappa shape index (κ1) is 16.8. The van der Waals surface area contributed by atoms with Crippen LogP contribution in [0.25, 0.3) is 0 Å². The van der Waals surface area contributed by atoms with E-state index in [9.17, 15) is 14.7 Å². The molecule has 4 fully saturated rings. The van der Waals surface area contributed by atoms with Crippen LogP contribution >= 0.6 is 0 Å². The topological polar surface area (TPSA) is 63.6 Å². The number of ether oxygens (including phenoxy) is 1. The molecule has 3 atom stereocenters. The normalized spacial score (nSPS) is 40.0. The van der Waals surface area contributed by atoms with Crippen LogP contribution in [0.3, 0.4) is 0 Å². The molecule has 0 aromatic heterocycles. The van der Waals surface area contributed by atoms with Crippen LogP contribution in [0.5, 0.6) is 0 Å². The van der Waals surface area contributed by atoms with Gasteiger partial charge in [-0.25, -0.2) is 0 Å². The summed E-state index contributed by atoms with van der Waals surface area (Å²) in [7, 11) is 0. The Morgan fingerprint density at radius 2 is 1.78 bits per heavy atom. The van der Waals surface area contributed by atoms with Crippen molar-refractivity contribution >= 4 is 11.9 Å². The molecule has 0 aromatic rings. The van der Waals surface area contributed by atoms with Crippen LogP contribution in [0, 0.1) is 28.6 Å². The third-order valence-electron chi connectivity index (χ3n) is 7.16. The minimum atomic E-state index is -0.639. The lowest BCUT2D eigenvalue weighted by atomic mass is 9.41. The number of aliphatic carboxylic acids is 1. The van der Waals surface area contributed by atoms with Crippen molar-refractivity contribution in [3.8, 4) is 0 Å². The van der Waals surface area contributed by atoms with E-state index < -0.39 is 17.0 Å². The van der Waals surface area contributed by atoms with Gasteiger partial charge in [0.2, 0.25) is 0 Å². The highest BCUT2D eigenvalue weighted by atomic mass is 16.6. The predicted molar refractivity (Wildman–Crippen MR) is 86.8 cm³/mol. The molecule has 4 heteroatoms. The Bertz CT molecular complexity index is 507. The molecule has 3 unspecified atom stereocenters. The van der Waals surface area contributed by atoms with Gasteiger partial charge >= 0.3 is 11.9 Å². The van der Waals surface area contributed by atoms with E-state index in [-0.39, 0.29) is 17.3 Å². The standard InChI is InChI=1S/C19H30O4/c1-5-12(2)15(20)23-17(3,4)19-9-13-6-14(10-19)8-18(7-13,11-19)16(21)22/h12-14H,5-11H2,1-4H3,(H,21,22). The predicted octanol–water partition coefficient (Wildman–Crippen LogP) is 4.03. The average molecular weight is 322 g/mol. The number of hydrogen-bond donors (Lipinski definition) is 1. The lowest BCUT2D eigenvalue weighted by Crippen LogP contribution is -2.62. The van der Waals surface area contributed by atoms with Crippen LogP contribution in [-0.4, -0.2) is 22.6 Å². The molecule has 23 heavy (non-hydrogen) atoms. The Morgan fingerprint density at radius 1 is 1.22 bits per heavy atom. The zero-order chi connectivity index (χ0) is 17.0. The van der Waals surface area contributed by atoms with E-state index in [1.807, 2.05) is 27.7 Å². The highest BCUT2D eigenvalue weighted by Crippen LogP contribution is 2.68. The molecule has 4 bridgehead atoms. The second-order valence-corrected chi connectivity index (χ2v) is 9.07. The molecular weight excluding hydrogens is 292 g/mol.